The third-order valence-electron chi connectivity index (χ3n) is 3.68. The second-order valence-corrected chi connectivity index (χ2v) is 5.73. The van der Waals surface area contributed by atoms with Gasteiger partial charge in [-0.05, 0) is 38.0 Å². The third-order valence-corrected chi connectivity index (χ3v) is 3.68. The summed E-state index contributed by atoms with van der Waals surface area (Å²) in [5, 5.41) is 9.19. The maximum Gasteiger partial charge on any atom is 0.221 e. The highest BCUT2D eigenvalue weighted by Gasteiger charge is 2.06. The van der Waals surface area contributed by atoms with Gasteiger partial charge in [0.1, 0.15) is 5.76 Å². The number of hydrogen-bond donors (Lipinski definition) is 3. The van der Waals surface area contributed by atoms with E-state index >= 15 is 0 Å². The summed E-state index contributed by atoms with van der Waals surface area (Å²) >= 11 is 0. The van der Waals surface area contributed by atoms with Crippen LogP contribution in [0.2, 0.25) is 0 Å². The molecule has 2 aromatic rings. The third kappa shape index (κ3) is 5.95. The highest BCUT2D eigenvalue weighted by atomic mass is 16.4. The number of rotatable bonds is 6. The van der Waals surface area contributed by atoms with Gasteiger partial charge < -0.3 is 20.4 Å². The molecule has 2 rings (SSSR count). The maximum absolute atomic E-state index is 11.0. The highest BCUT2D eigenvalue weighted by Crippen LogP contribution is 2.10. The van der Waals surface area contributed by atoms with Crippen LogP contribution in [0.25, 0.3) is 0 Å². The lowest BCUT2D eigenvalue weighted by Gasteiger charge is -2.11. The molecule has 0 bridgehead atoms. The normalized spacial score (nSPS) is 11.3. The van der Waals surface area contributed by atoms with Gasteiger partial charge in [0.15, 0.2) is 5.96 Å². The molecule has 0 unspecified atom stereocenters. The molecule has 0 spiro atoms. The Morgan fingerprint density at radius 1 is 1.20 bits per heavy atom. The van der Waals surface area contributed by atoms with Crippen molar-refractivity contribution >= 4 is 17.6 Å². The number of nitrogens with one attached hydrogen (secondary N) is 3. The van der Waals surface area contributed by atoms with Gasteiger partial charge >= 0.3 is 0 Å². The van der Waals surface area contributed by atoms with Gasteiger partial charge in [-0.15, -0.1) is 0 Å². The number of nitrogens with zero attached hydrogens (tertiary/aromatic N) is 2. The van der Waals surface area contributed by atoms with Crippen LogP contribution in [0.1, 0.15) is 29.8 Å². The first kappa shape index (κ1) is 18.5. The van der Waals surface area contributed by atoms with E-state index in [1.54, 1.807) is 7.05 Å². The van der Waals surface area contributed by atoms with Crippen molar-refractivity contribution in [3.05, 3.63) is 47.2 Å². The van der Waals surface area contributed by atoms with Crippen LogP contribution < -0.4 is 16.0 Å². The fourth-order valence-corrected chi connectivity index (χ4v) is 2.28. The highest BCUT2D eigenvalue weighted by molar-refractivity contribution is 5.88. The minimum absolute atomic E-state index is 0.0688. The Labute approximate surface area is 147 Å². The van der Waals surface area contributed by atoms with Crippen molar-refractivity contribution in [1.29, 1.82) is 0 Å². The van der Waals surface area contributed by atoms with Crippen LogP contribution in [0.4, 0.5) is 5.69 Å². The number of aliphatic imine (C=N–C) groups is 1. The first-order valence-electron chi connectivity index (χ1n) is 8.22. The summed E-state index contributed by atoms with van der Waals surface area (Å²) in [6.45, 7) is 6.54. The second kappa shape index (κ2) is 8.86. The maximum atomic E-state index is 11.0. The molecule has 134 valence electrons. The Morgan fingerprint density at radius 2 is 1.92 bits per heavy atom. The number of carbonyl (C=O) groups is 1. The second-order valence-electron chi connectivity index (χ2n) is 5.73. The molecule has 1 aromatic heterocycles. The molecule has 3 N–H and O–H groups in total. The zero-order valence-corrected chi connectivity index (χ0v) is 15.1. The van der Waals surface area contributed by atoms with E-state index in [4.69, 9.17) is 4.42 Å². The van der Waals surface area contributed by atoms with E-state index in [2.05, 4.69) is 25.9 Å². The number of aromatic nitrogens is 1. The average Bonchev–Trinajstić information content (AvgIpc) is 2.90. The SMILES string of the molecule is CN=C(NCCc1ccc(NC(C)=O)cc1)NCc1nc(C)c(C)o1. The first-order chi connectivity index (χ1) is 12.0. The van der Waals surface area contributed by atoms with E-state index in [0.717, 1.165) is 30.1 Å². The molecule has 0 saturated carbocycles. The van der Waals surface area contributed by atoms with Crippen LogP contribution in [-0.2, 0) is 17.8 Å². The van der Waals surface area contributed by atoms with Gasteiger partial charge in [-0.2, -0.15) is 0 Å². The molecule has 0 fully saturated rings. The minimum Gasteiger partial charge on any atom is -0.444 e. The van der Waals surface area contributed by atoms with Crippen LogP contribution >= 0.6 is 0 Å². The molecule has 0 aliphatic carbocycles. The fraction of sp³-hybridized carbons (Fsp3) is 0.389. The number of aryl methyl sites for hydroxylation is 2. The minimum atomic E-state index is -0.0688. The summed E-state index contributed by atoms with van der Waals surface area (Å²) < 4.78 is 5.54. The van der Waals surface area contributed by atoms with Gasteiger partial charge in [-0.25, -0.2) is 4.98 Å². The Hall–Kier alpha value is -2.83. The zero-order chi connectivity index (χ0) is 18.2. The Bertz CT molecular complexity index is 715. The van der Waals surface area contributed by atoms with Gasteiger partial charge in [-0.1, -0.05) is 12.1 Å². The summed E-state index contributed by atoms with van der Waals surface area (Å²) in [5.41, 5.74) is 2.89. The van der Waals surface area contributed by atoms with Crippen LogP contribution in [-0.4, -0.2) is 30.4 Å². The molecule has 25 heavy (non-hydrogen) atoms. The molecular weight excluding hydrogens is 318 g/mol. The predicted molar refractivity (Wildman–Crippen MR) is 98.6 cm³/mol. The molecule has 0 radical (unpaired) electrons. The van der Waals surface area contributed by atoms with Gasteiger partial charge in [-0.3, -0.25) is 9.79 Å². The van der Waals surface area contributed by atoms with Crippen molar-refractivity contribution < 1.29 is 9.21 Å². The Morgan fingerprint density at radius 3 is 2.48 bits per heavy atom. The lowest BCUT2D eigenvalue weighted by Crippen LogP contribution is -2.37. The number of amides is 1. The number of benzene rings is 1. The molecule has 1 heterocycles. The van der Waals surface area contributed by atoms with E-state index in [1.165, 1.54) is 12.5 Å². The molecule has 0 aliphatic heterocycles. The largest absolute Gasteiger partial charge is 0.444 e. The smallest absolute Gasteiger partial charge is 0.221 e. The number of carbonyl (C=O) groups excluding carboxylic acids is 1. The summed E-state index contributed by atoms with van der Waals surface area (Å²) in [7, 11) is 1.73. The zero-order valence-electron chi connectivity index (χ0n) is 15.1. The van der Waals surface area contributed by atoms with Crippen molar-refractivity contribution in [2.45, 2.75) is 33.7 Å². The summed E-state index contributed by atoms with van der Waals surface area (Å²) in [4.78, 5) is 19.5. The molecule has 0 saturated heterocycles. The van der Waals surface area contributed by atoms with E-state index in [1.807, 2.05) is 38.1 Å². The van der Waals surface area contributed by atoms with Crippen LogP contribution in [0.3, 0.4) is 0 Å². The quantitative estimate of drug-likeness (QED) is 0.552. The first-order valence-corrected chi connectivity index (χ1v) is 8.22. The van der Waals surface area contributed by atoms with E-state index in [9.17, 15) is 4.79 Å². The van der Waals surface area contributed by atoms with Crippen LogP contribution in [0, 0.1) is 13.8 Å². The van der Waals surface area contributed by atoms with Crippen molar-refractivity contribution in [1.82, 2.24) is 15.6 Å². The Balaban J connectivity index is 1.76. The van der Waals surface area contributed by atoms with Gasteiger partial charge in [0.2, 0.25) is 11.8 Å². The lowest BCUT2D eigenvalue weighted by molar-refractivity contribution is -0.114. The molecular formula is C18H25N5O2. The average molecular weight is 343 g/mol. The van der Waals surface area contributed by atoms with E-state index in [0.29, 0.717) is 18.4 Å². The fourth-order valence-electron chi connectivity index (χ4n) is 2.28. The Kier molecular flexibility index (Phi) is 6.56. The number of anilines is 1. The molecule has 0 aliphatic rings. The standard InChI is InChI=1S/C18H25N5O2/c1-12-13(2)25-17(22-12)11-21-18(19-4)20-10-9-15-5-7-16(8-6-15)23-14(3)24/h5-8H,9-11H2,1-4H3,(H,23,24)(H2,19,20,21). The molecule has 1 aromatic carbocycles. The van der Waals surface area contributed by atoms with Crippen molar-refractivity contribution in [3.63, 3.8) is 0 Å². The molecule has 1 amide bonds. The van der Waals surface area contributed by atoms with Gasteiger partial charge in [0.25, 0.3) is 0 Å². The molecule has 7 nitrogen and oxygen atoms in total. The summed E-state index contributed by atoms with van der Waals surface area (Å²) in [6.07, 6.45) is 0.846. The van der Waals surface area contributed by atoms with Crippen molar-refractivity contribution in [2.75, 3.05) is 18.9 Å². The monoisotopic (exact) mass is 343 g/mol. The van der Waals surface area contributed by atoms with Crippen LogP contribution in [0.5, 0.6) is 0 Å². The van der Waals surface area contributed by atoms with E-state index < -0.39 is 0 Å². The van der Waals surface area contributed by atoms with E-state index in [-0.39, 0.29) is 5.91 Å². The van der Waals surface area contributed by atoms with Gasteiger partial charge in [0.05, 0.1) is 12.2 Å². The number of oxazole rings is 1. The van der Waals surface area contributed by atoms with Crippen LogP contribution in [0.15, 0.2) is 33.7 Å². The van der Waals surface area contributed by atoms with Gasteiger partial charge in [0, 0.05) is 26.2 Å². The van der Waals surface area contributed by atoms with Crippen molar-refractivity contribution in [3.8, 4) is 0 Å². The molecule has 0 atom stereocenters. The molecule has 7 heteroatoms. The summed E-state index contributed by atoms with van der Waals surface area (Å²) in [5.74, 6) is 2.11. The summed E-state index contributed by atoms with van der Waals surface area (Å²) in [6, 6.07) is 7.80. The number of guanidine groups is 1. The van der Waals surface area contributed by atoms with Crippen molar-refractivity contribution in [2.24, 2.45) is 4.99 Å². The predicted octanol–water partition coefficient (Wildman–Crippen LogP) is 2.16. The number of hydrogen-bond acceptors (Lipinski definition) is 4. The lowest BCUT2D eigenvalue weighted by atomic mass is 10.1. The topological polar surface area (TPSA) is 91.5 Å².